The fourth-order valence-corrected chi connectivity index (χ4v) is 3.75. The van der Waals surface area contributed by atoms with Crippen LogP contribution in [-0.4, -0.2) is 47.7 Å². The summed E-state index contributed by atoms with van der Waals surface area (Å²) in [5.74, 6) is 0.586. The van der Waals surface area contributed by atoms with Gasteiger partial charge in [0.2, 0.25) is 0 Å². The van der Waals surface area contributed by atoms with Gasteiger partial charge in [0.25, 0.3) is 0 Å². The van der Waals surface area contributed by atoms with Gasteiger partial charge >= 0.3 is 0 Å². The van der Waals surface area contributed by atoms with Crippen LogP contribution in [-0.2, 0) is 4.74 Å². The van der Waals surface area contributed by atoms with Crippen LogP contribution in [0.2, 0.25) is 0 Å². The molecule has 3 atom stereocenters. The first-order valence-corrected chi connectivity index (χ1v) is 7.84. The summed E-state index contributed by atoms with van der Waals surface area (Å²) in [5.41, 5.74) is -0.0350. The first-order chi connectivity index (χ1) is 9.18. The Labute approximate surface area is 123 Å². The molecule has 4 heteroatoms. The molecule has 1 aliphatic rings. The molecule has 0 amide bonds. The average molecular weight is 287 g/mol. The van der Waals surface area contributed by atoms with E-state index in [-0.39, 0.29) is 23.7 Å². The molecule has 0 saturated heterocycles. The van der Waals surface area contributed by atoms with Crippen LogP contribution >= 0.6 is 0 Å². The molecule has 3 N–H and O–H groups in total. The van der Waals surface area contributed by atoms with Crippen molar-refractivity contribution in [1.29, 1.82) is 0 Å². The number of aliphatic hydroxyl groups is 2. The minimum atomic E-state index is -0.527. The van der Waals surface area contributed by atoms with Crippen molar-refractivity contribution in [3.8, 4) is 0 Å². The third-order valence-corrected chi connectivity index (χ3v) is 4.09. The van der Waals surface area contributed by atoms with E-state index in [1.54, 1.807) is 0 Å². The summed E-state index contributed by atoms with van der Waals surface area (Å²) in [5, 5.41) is 23.2. The normalized spacial score (nSPS) is 31.5. The molecule has 1 saturated carbocycles. The van der Waals surface area contributed by atoms with Gasteiger partial charge in [0.1, 0.15) is 0 Å². The monoisotopic (exact) mass is 287 g/mol. The summed E-state index contributed by atoms with van der Waals surface area (Å²) >= 11 is 0. The lowest BCUT2D eigenvalue weighted by Crippen LogP contribution is -2.57. The lowest BCUT2D eigenvalue weighted by Gasteiger charge is -2.47. The van der Waals surface area contributed by atoms with Crippen molar-refractivity contribution in [3.63, 3.8) is 0 Å². The van der Waals surface area contributed by atoms with Crippen LogP contribution in [0.3, 0.4) is 0 Å². The van der Waals surface area contributed by atoms with E-state index >= 15 is 0 Å². The number of hydrogen-bond acceptors (Lipinski definition) is 4. The molecule has 0 heterocycles. The van der Waals surface area contributed by atoms with E-state index in [0.29, 0.717) is 19.1 Å². The van der Waals surface area contributed by atoms with E-state index in [1.807, 2.05) is 13.8 Å². The molecule has 3 unspecified atom stereocenters. The van der Waals surface area contributed by atoms with E-state index in [4.69, 9.17) is 4.74 Å². The summed E-state index contributed by atoms with van der Waals surface area (Å²) in [6.45, 7) is 11.6. The first kappa shape index (κ1) is 17.9. The van der Waals surface area contributed by atoms with Crippen LogP contribution in [0.4, 0.5) is 0 Å². The highest BCUT2D eigenvalue weighted by Gasteiger charge is 2.42. The second-order valence-corrected chi connectivity index (χ2v) is 7.71. The highest BCUT2D eigenvalue weighted by molar-refractivity contribution is 4.98. The second-order valence-electron chi connectivity index (χ2n) is 7.71. The molecule has 1 fully saturated rings. The van der Waals surface area contributed by atoms with Crippen molar-refractivity contribution >= 4 is 0 Å². The molecule has 0 aromatic carbocycles. The summed E-state index contributed by atoms with van der Waals surface area (Å²) in [6, 6.07) is 0. The van der Waals surface area contributed by atoms with Gasteiger partial charge in [-0.15, -0.1) is 0 Å². The molecular formula is C16H33NO3. The molecule has 0 spiro atoms. The van der Waals surface area contributed by atoms with Crippen molar-refractivity contribution in [2.24, 2.45) is 11.3 Å². The Kier molecular flexibility index (Phi) is 6.45. The topological polar surface area (TPSA) is 61.7 Å². The number of hydrogen-bond donors (Lipinski definition) is 3. The quantitative estimate of drug-likeness (QED) is 0.670. The van der Waals surface area contributed by atoms with E-state index in [2.05, 4.69) is 26.1 Å². The molecular weight excluding hydrogens is 254 g/mol. The number of ether oxygens (including phenoxy) is 1. The van der Waals surface area contributed by atoms with Crippen molar-refractivity contribution in [3.05, 3.63) is 0 Å². The first-order valence-electron chi connectivity index (χ1n) is 7.84. The Morgan fingerprint density at radius 2 is 1.95 bits per heavy atom. The van der Waals surface area contributed by atoms with E-state index in [0.717, 1.165) is 12.8 Å². The van der Waals surface area contributed by atoms with Gasteiger partial charge in [-0.05, 0) is 44.4 Å². The molecule has 20 heavy (non-hydrogen) atoms. The fraction of sp³-hybridized carbons (Fsp3) is 1.00. The van der Waals surface area contributed by atoms with E-state index in [9.17, 15) is 10.2 Å². The number of nitrogens with one attached hydrogen (secondary N) is 1. The summed E-state index contributed by atoms with van der Waals surface area (Å²) < 4.78 is 5.42. The smallest absolute Gasteiger partial charge is 0.0898 e. The molecule has 0 aromatic rings. The van der Waals surface area contributed by atoms with Crippen LogP contribution in [0.5, 0.6) is 0 Å². The summed E-state index contributed by atoms with van der Waals surface area (Å²) in [4.78, 5) is 0. The third kappa shape index (κ3) is 5.68. The Bertz CT molecular complexity index is 293. The summed E-state index contributed by atoms with van der Waals surface area (Å²) in [6.07, 6.45) is 2.70. The van der Waals surface area contributed by atoms with Crippen LogP contribution in [0.15, 0.2) is 0 Å². The van der Waals surface area contributed by atoms with E-state index < -0.39 is 6.10 Å². The Balaban J connectivity index is 2.53. The standard InChI is InChI=1S/C16H33NO3/c1-12(2)20-9-14(19)8-17-16(11-18)7-13(3)6-15(4,5)10-16/h12-14,17-19H,6-11H2,1-5H3. The molecule has 0 aromatic heterocycles. The SMILES string of the molecule is CC1CC(C)(C)CC(CO)(NCC(O)COC(C)C)C1. The zero-order valence-electron chi connectivity index (χ0n) is 13.8. The van der Waals surface area contributed by atoms with Crippen molar-refractivity contribution < 1.29 is 14.9 Å². The van der Waals surface area contributed by atoms with E-state index in [1.165, 1.54) is 6.42 Å². The van der Waals surface area contributed by atoms with Crippen molar-refractivity contribution in [1.82, 2.24) is 5.32 Å². The largest absolute Gasteiger partial charge is 0.394 e. The highest BCUT2D eigenvalue weighted by atomic mass is 16.5. The van der Waals surface area contributed by atoms with Gasteiger partial charge in [-0.2, -0.15) is 0 Å². The molecule has 0 bridgehead atoms. The average Bonchev–Trinajstić information content (AvgIpc) is 2.31. The fourth-order valence-electron chi connectivity index (χ4n) is 3.75. The zero-order valence-corrected chi connectivity index (χ0v) is 13.8. The second kappa shape index (κ2) is 7.21. The van der Waals surface area contributed by atoms with Crippen LogP contribution in [0.1, 0.15) is 53.9 Å². The third-order valence-electron chi connectivity index (χ3n) is 4.09. The zero-order chi connectivity index (χ0) is 15.4. The maximum absolute atomic E-state index is 9.97. The minimum Gasteiger partial charge on any atom is -0.394 e. The summed E-state index contributed by atoms with van der Waals surface area (Å²) in [7, 11) is 0. The lowest BCUT2D eigenvalue weighted by atomic mass is 9.64. The van der Waals surface area contributed by atoms with Crippen LogP contribution in [0, 0.1) is 11.3 Å². The van der Waals surface area contributed by atoms with Gasteiger partial charge in [0, 0.05) is 12.1 Å². The Morgan fingerprint density at radius 3 is 2.45 bits per heavy atom. The van der Waals surface area contributed by atoms with Gasteiger partial charge in [-0.1, -0.05) is 20.8 Å². The molecule has 1 rings (SSSR count). The molecule has 0 radical (unpaired) electrons. The van der Waals surface area contributed by atoms with Gasteiger partial charge < -0.3 is 20.3 Å². The predicted molar refractivity (Wildman–Crippen MR) is 81.7 cm³/mol. The number of aliphatic hydroxyl groups excluding tert-OH is 2. The Hall–Kier alpha value is -0.160. The molecule has 0 aliphatic heterocycles. The highest BCUT2D eigenvalue weighted by Crippen LogP contribution is 2.43. The lowest BCUT2D eigenvalue weighted by molar-refractivity contribution is -0.0101. The maximum Gasteiger partial charge on any atom is 0.0898 e. The van der Waals surface area contributed by atoms with Gasteiger partial charge in [0.15, 0.2) is 0 Å². The van der Waals surface area contributed by atoms with Gasteiger partial charge in [0.05, 0.1) is 25.4 Å². The van der Waals surface area contributed by atoms with Crippen LogP contribution in [0.25, 0.3) is 0 Å². The molecule has 4 nitrogen and oxygen atoms in total. The molecule has 1 aliphatic carbocycles. The van der Waals surface area contributed by atoms with Crippen LogP contribution < -0.4 is 5.32 Å². The molecule has 120 valence electrons. The van der Waals surface area contributed by atoms with Gasteiger partial charge in [-0.3, -0.25) is 0 Å². The maximum atomic E-state index is 9.97. The minimum absolute atomic E-state index is 0.124. The van der Waals surface area contributed by atoms with Crippen molar-refractivity contribution in [2.75, 3.05) is 19.8 Å². The van der Waals surface area contributed by atoms with Crippen molar-refractivity contribution in [2.45, 2.75) is 71.6 Å². The van der Waals surface area contributed by atoms with Gasteiger partial charge in [-0.25, -0.2) is 0 Å². The number of β-amino-alcohol motifs (C(OH)–C–C–N with tert-alkyl or cyclic N) is 1. The predicted octanol–water partition coefficient (Wildman–Crippen LogP) is 1.94. The Morgan fingerprint density at radius 1 is 1.30 bits per heavy atom. The number of rotatable bonds is 7.